The Labute approximate surface area is 125 Å². The Morgan fingerprint density at radius 2 is 1.76 bits per heavy atom. The SMILES string of the molecule is COc1cc(N)ccc1SCc1ccc(C(F)(F)F)cc1. The predicted octanol–water partition coefficient (Wildman–Crippen LogP) is 4.59. The lowest BCUT2D eigenvalue weighted by atomic mass is 10.1. The van der Waals surface area contributed by atoms with Crippen molar-refractivity contribution in [1.82, 2.24) is 0 Å². The minimum Gasteiger partial charge on any atom is -0.496 e. The van der Waals surface area contributed by atoms with Crippen LogP contribution in [0.5, 0.6) is 5.75 Å². The summed E-state index contributed by atoms with van der Waals surface area (Å²) in [6.07, 6.45) is -4.30. The van der Waals surface area contributed by atoms with Crippen molar-refractivity contribution in [2.45, 2.75) is 16.8 Å². The zero-order chi connectivity index (χ0) is 15.5. The second kappa shape index (κ2) is 6.30. The summed E-state index contributed by atoms with van der Waals surface area (Å²) < 4.78 is 42.6. The molecule has 0 amide bonds. The van der Waals surface area contributed by atoms with Crippen molar-refractivity contribution in [3.8, 4) is 5.75 Å². The minimum atomic E-state index is -4.30. The molecule has 0 aliphatic carbocycles. The molecule has 2 nitrogen and oxygen atoms in total. The quantitative estimate of drug-likeness (QED) is 0.662. The normalized spacial score (nSPS) is 11.4. The average Bonchev–Trinajstić information content (AvgIpc) is 2.45. The summed E-state index contributed by atoms with van der Waals surface area (Å²) in [4.78, 5) is 0.895. The van der Waals surface area contributed by atoms with Gasteiger partial charge in [-0.3, -0.25) is 0 Å². The number of methoxy groups -OCH3 is 1. The highest BCUT2D eigenvalue weighted by atomic mass is 32.2. The van der Waals surface area contributed by atoms with Crippen molar-refractivity contribution < 1.29 is 17.9 Å². The van der Waals surface area contributed by atoms with Gasteiger partial charge in [0.2, 0.25) is 0 Å². The summed E-state index contributed by atoms with van der Waals surface area (Å²) in [6.45, 7) is 0. The van der Waals surface area contributed by atoms with Gasteiger partial charge in [-0.25, -0.2) is 0 Å². The molecule has 6 heteroatoms. The molecule has 2 aromatic rings. The van der Waals surface area contributed by atoms with Crippen LogP contribution in [0.4, 0.5) is 18.9 Å². The summed E-state index contributed by atoms with van der Waals surface area (Å²) in [5, 5.41) is 0. The van der Waals surface area contributed by atoms with Crippen LogP contribution in [0, 0.1) is 0 Å². The lowest BCUT2D eigenvalue weighted by Crippen LogP contribution is -2.04. The van der Waals surface area contributed by atoms with Crippen molar-refractivity contribution in [1.29, 1.82) is 0 Å². The molecule has 0 spiro atoms. The van der Waals surface area contributed by atoms with Gasteiger partial charge in [-0.2, -0.15) is 13.2 Å². The van der Waals surface area contributed by atoms with Crippen LogP contribution in [-0.4, -0.2) is 7.11 Å². The highest BCUT2D eigenvalue weighted by Gasteiger charge is 2.29. The summed E-state index contributed by atoms with van der Waals surface area (Å²) in [7, 11) is 1.55. The number of hydrogen-bond donors (Lipinski definition) is 1. The maximum absolute atomic E-state index is 12.5. The topological polar surface area (TPSA) is 35.2 Å². The van der Waals surface area contributed by atoms with Crippen molar-refractivity contribution in [2.24, 2.45) is 0 Å². The van der Waals surface area contributed by atoms with Crippen LogP contribution >= 0.6 is 11.8 Å². The standard InChI is InChI=1S/C15H14F3NOS/c1-20-13-8-12(19)6-7-14(13)21-9-10-2-4-11(5-3-10)15(16,17)18/h2-8H,9,19H2,1H3. The van der Waals surface area contributed by atoms with Gasteiger partial charge in [0.25, 0.3) is 0 Å². The molecule has 0 radical (unpaired) electrons. The van der Waals surface area contributed by atoms with Gasteiger partial charge in [-0.15, -0.1) is 11.8 Å². The number of benzene rings is 2. The molecule has 0 aromatic heterocycles. The predicted molar refractivity (Wildman–Crippen MR) is 78.4 cm³/mol. The second-order valence-corrected chi connectivity index (χ2v) is 5.41. The van der Waals surface area contributed by atoms with E-state index < -0.39 is 11.7 Å². The fourth-order valence-electron chi connectivity index (χ4n) is 1.75. The van der Waals surface area contributed by atoms with Crippen molar-refractivity contribution in [3.63, 3.8) is 0 Å². The molecule has 112 valence electrons. The number of nitrogens with two attached hydrogens (primary N) is 1. The molecule has 0 saturated carbocycles. The van der Waals surface area contributed by atoms with Gasteiger partial charge in [0, 0.05) is 22.4 Å². The smallest absolute Gasteiger partial charge is 0.416 e. The molecule has 0 aliphatic heterocycles. The number of nitrogen functional groups attached to an aromatic ring is 1. The molecule has 0 atom stereocenters. The van der Waals surface area contributed by atoms with Gasteiger partial charge in [-0.05, 0) is 29.8 Å². The van der Waals surface area contributed by atoms with E-state index in [0.717, 1.165) is 22.6 Å². The van der Waals surface area contributed by atoms with Crippen LogP contribution in [0.3, 0.4) is 0 Å². The third-order valence-corrected chi connectivity index (χ3v) is 3.99. The fraction of sp³-hybridized carbons (Fsp3) is 0.200. The number of anilines is 1. The zero-order valence-electron chi connectivity index (χ0n) is 11.3. The Morgan fingerprint density at radius 1 is 1.10 bits per heavy atom. The number of halogens is 3. The van der Waals surface area contributed by atoms with E-state index in [1.54, 1.807) is 19.2 Å². The molecular weight excluding hydrogens is 299 g/mol. The highest BCUT2D eigenvalue weighted by molar-refractivity contribution is 7.98. The first kappa shape index (κ1) is 15.6. The van der Waals surface area contributed by atoms with Gasteiger partial charge in [-0.1, -0.05) is 12.1 Å². The molecule has 0 fully saturated rings. The summed E-state index contributed by atoms with van der Waals surface area (Å²) in [6, 6.07) is 10.5. The molecule has 0 bridgehead atoms. The molecule has 21 heavy (non-hydrogen) atoms. The monoisotopic (exact) mass is 313 g/mol. The molecule has 0 unspecified atom stereocenters. The largest absolute Gasteiger partial charge is 0.496 e. The van der Waals surface area contributed by atoms with E-state index in [-0.39, 0.29) is 0 Å². The number of thioether (sulfide) groups is 1. The lowest BCUT2D eigenvalue weighted by molar-refractivity contribution is -0.137. The van der Waals surface area contributed by atoms with E-state index in [9.17, 15) is 13.2 Å². The summed E-state index contributed by atoms with van der Waals surface area (Å²) in [5.74, 6) is 1.21. The molecular formula is C15H14F3NOS. The molecule has 2 rings (SSSR count). The van der Waals surface area contributed by atoms with Crippen molar-refractivity contribution >= 4 is 17.4 Å². The van der Waals surface area contributed by atoms with Crippen molar-refractivity contribution in [2.75, 3.05) is 12.8 Å². The van der Waals surface area contributed by atoms with Gasteiger partial charge in [0.05, 0.1) is 12.7 Å². The maximum Gasteiger partial charge on any atom is 0.416 e. The Hall–Kier alpha value is -1.82. The van der Waals surface area contributed by atoms with E-state index >= 15 is 0 Å². The third kappa shape index (κ3) is 4.07. The molecule has 0 saturated heterocycles. The number of rotatable bonds is 4. The van der Waals surface area contributed by atoms with E-state index in [4.69, 9.17) is 10.5 Å². The number of ether oxygens (including phenoxy) is 1. The number of hydrogen-bond acceptors (Lipinski definition) is 3. The van der Waals surface area contributed by atoms with Crippen LogP contribution < -0.4 is 10.5 Å². The van der Waals surface area contributed by atoms with E-state index in [0.29, 0.717) is 17.2 Å². The van der Waals surface area contributed by atoms with Crippen LogP contribution in [-0.2, 0) is 11.9 Å². The Bertz CT molecular complexity index is 611. The first-order valence-electron chi connectivity index (χ1n) is 6.12. The van der Waals surface area contributed by atoms with E-state index in [1.165, 1.54) is 23.9 Å². The molecule has 0 aliphatic rings. The highest BCUT2D eigenvalue weighted by Crippen LogP contribution is 2.34. The average molecular weight is 313 g/mol. The Morgan fingerprint density at radius 3 is 2.33 bits per heavy atom. The number of alkyl halides is 3. The van der Waals surface area contributed by atoms with Crippen LogP contribution in [0.25, 0.3) is 0 Å². The molecule has 2 N–H and O–H groups in total. The van der Waals surface area contributed by atoms with E-state index in [1.807, 2.05) is 6.07 Å². The Kier molecular flexibility index (Phi) is 4.67. The second-order valence-electron chi connectivity index (χ2n) is 4.39. The van der Waals surface area contributed by atoms with Crippen LogP contribution in [0.15, 0.2) is 47.4 Å². The van der Waals surface area contributed by atoms with Crippen molar-refractivity contribution in [3.05, 3.63) is 53.6 Å². The summed E-state index contributed by atoms with van der Waals surface area (Å²) in [5.41, 5.74) is 6.45. The molecule has 0 heterocycles. The fourth-order valence-corrected chi connectivity index (χ4v) is 2.72. The zero-order valence-corrected chi connectivity index (χ0v) is 12.1. The molecule has 2 aromatic carbocycles. The van der Waals surface area contributed by atoms with Gasteiger partial charge >= 0.3 is 6.18 Å². The van der Waals surface area contributed by atoms with E-state index in [2.05, 4.69) is 0 Å². The lowest BCUT2D eigenvalue weighted by Gasteiger charge is -2.10. The Balaban J connectivity index is 2.07. The third-order valence-electron chi connectivity index (χ3n) is 2.86. The van der Waals surface area contributed by atoms with Crippen LogP contribution in [0.1, 0.15) is 11.1 Å². The first-order valence-corrected chi connectivity index (χ1v) is 7.11. The van der Waals surface area contributed by atoms with Crippen LogP contribution in [0.2, 0.25) is 0 Å². The summed E-state index contributed by atoms with van der Waals surface area (Å²) >= 11 is 1.48. The van der Waals surface area contributed by atoms with Gasteiger partial charge in [0.1, 0.15) is 5.75 Å². The maximum atomic E-state index is 12.5. The first-order chi connectivity index (χ1) is 9.90. The minimum absolute atomic E-state index is 0.554. The van der Waals surface area contributed by atoms with Gasteiger partial charge in [0.15, 0.2) is 0 Å². The van der Waals surface area contributed by atoms with Gasteiger partial charge < -0.3 is 10.5 Å².